The van der Waals surface area contributed by atoms with Crippen molar-refractivity contribution in [3.63, 3.8) is 0 Å². The zero-order chi connectivity index (χ0) is 14.7. The lowest BCUT2D eigenvalue weighted by atomic mass is 10.1. The number of nitrogens with zero attached hydrogens (tertiary/aromatic N) is 4. The number of aromatic nitrogens is 2. The van der Waals surface area contributed by atoms with Crippen molar-refractivity contribution in [2.75, 3.05) is 23.3 Å². The summed E-state index contributed by atoms with van der Waals surface area (Å²) >= 11 is 0. The van der Waals surface area contributed by atoms with Crippen LogP contribution in [0.3, 0.4) is 0 Å². The molecule has 2 heterocycles. The number of hydrogen-bond donors (Lipinski definition) is 1. The Hall–Kier alpha value is -1.92. The van der Waals surface area contributed by atoms with Gasteiger partial charge in [-0.25, -0.2) is 4.98 Å². The van der Waals surface area contributed by atoms with E-state index in [9.17, 15) is 10.1 Å². The van der Waals surface area contributed by atoms with Crippen LogP contribution in [0.4, 0.5) is 17.5 Å². The Labute approximate surface area is 118 Å². The molecule has 0 amide bonds. The van der Waals surface area contributed by atoms with Crippen LogP contribution in [0.15, 0.2) is 0 Å². The van der Waals surface area contributed by atoms with Gasteiger partial charge in [0, 0.05) is 19.1 Å². The van der Waals surface area contributed by atoms with E-state index in [0.29, 0.717) is 30.0 Å². The SMILES string of the molecule is CCNc1nc(C)c([N+](=O)[O-])c(N2CCCC2CC)n1. The van der Waals surface area contributed by atoms with Crippen LogP contribution in [0.25, 0.3) is 0 Å². The van der Waals surface area contributed by atoms with Crippen molar-refractivity contribution < 1.29 is 4.92 Å². The van der Waals surface area contributed by atoms with Gasteiger partial charge in [-0.05, 0) is 33.1 Å². The predicted octanol–water partition coefficient (Wildman–Crippen LogP) is 2.50. The summed E-state index contributed by atoms with van der Waals surface area (Å²) < 4.78 is 0. The summed E-state index contributed by atoms with van der Waals surface area (Å²) in [6.45, 7) is 7.23. The van der Waals surface area contributed by atoms with Crippen LogP contribution in [-0.2, 0) is 0 Å². The van der Waals surface area contributed by atoms with Crippen molar-refractivity contribution in [3.05, 3.63) is 15.8 Å². The van der Waals surface area contributed by atoms with E-state index in [1.807, 2.05) is 6.92 Å². The number of anilines is 2. The molecule has 1 aliphatic heterocycles. The van der Waals surface area contributed by atoms with Crippen LogP contribution in [0.1, 0.15) is 38.8 Å². The summed E-state index contributed by atoms with van der Waals surface area (Å²) in [6, 6.07) is 0.331. The minimum absolute atomic E-state index is 0.0343. The second kappa shape index (κ2) is 6.02. The molecule has 1 unspecified atom stereocenters. The lowest BCUT2D eigenvalue weighted by molar-refractivity contribution is -0.385. The number of aryl methyl sites for hydroxylation is 1. The molecule has 1 N–H and O–H groups in total. The van der Waals surface area contributed by atoms with Crippen molar-refractivity contribution in [2.24, 2.45) is 0 Å². The average Bonchev–Trinajstić information content (AvgIpc) is 2.85. The minimum Gasteiger partial charge on any atom is -0.354 e. The molecular weight excluding hydrogens is 258 g/mol. The highest BCUT2D eigenvalue weighted by molar-refractivity contribution is 5.63. The van der Waals surface area contributed by atoms with Crippen molar-refractivity contribution in [3.8, 4) is 0 Å². The fraction of sp³-hybridized carbons (Fsp3) is 0.692. The third kappa shape index (κ3) is 2.66. The van der Waals surface area contributed by atoms with Crippen molar-refractivity contribution >= 4 is 17.5 Å². The van der Waals surface area contributed by atoms with Gasteiger partial charge < -0.3 is 10.2 Å². The molecule has 0 aliphatic carbocycles. The molecule has 7 nitrogen and oxygen atoms in total. The molecule has 1 atom stereocenters. The van der Waals surface area contributed by atoms with Gasteiger partial charge in [-0.3, -0.25) is 10.1 Å². The average molecular weight is 279 g/mol. The Kier molecular flexibility index (Phi) is 4.36. The zero-order valence-electron chi connectivity index (χ0n) is 12.2. The molecule has 1 aliphatic rings. The fourth-order valence-electron chi connectivity index (χ4n) is 2.74. The molecule has 1 fully saturated rings. The van der Waals surface area contributed by atoms with E-state index in [0.717, 1.165) is 25.8 Å². The highest BCUT2D eigenvalue weighted by Crippen LogP contribution is 2.35. The van der Waals surface area contributed by atoms with E-state index in [4.69, 9.17) is 0 Å². The van der Waals surface area contributed by atoms with E-state index in [1.165, 1.54) is 0 Å². The number of rotatable bonds is 5. The summed E-state index contributed by atoms with van der Waals surface area (Å²) in [5, 5.41) is 14.4. The topological polar surface area (TPSA) is 84.2 Å². The van der Waals surface area contributed by atoms with Crippen LogP contribution in [0.5, 0.6) is 0 Å². The molecule has 0 radical (unpaired) electrons. The van der Waals surface area contributed by atoms with Gasteiger partial charge in [0.25, 0.3) is 0 Å². The standard InChI is InChI=1S/C13H21N5O2/c1-4-10-7-6-8-17(10)12-11(18(19)20)9(3)15-13(16-12)14-5-2/h10H,4-8H2,1-3H3,(H,14,15,16). The number of nitro groups is 1. The molecule has 7 heteroatoms. The van der Waals surface area contributed by atoms with Gasteiger partial charge in [0.1, 0.15) is 5.69 Å². The first-order chi connectivity index (χ1) is 9.58. The zero-order valence-corrected chi connectivity index (χ0v) is 12.2. The van der Waals surface area contributed by atoms with Crippen molar-refractivity contribution in [1.82, 2.24) is 9.97 Å². The maximum atomic E-state index is 11.3. The third-order valence-electron chi connectivity index (χ3n) is 3.68. The molecule has 2 rings (SSSR count). The summed E-state index contributed by atoms with van der Waals surface area (Å²) in [6.07, 6.45) is 3.08. The van der Waals surface area contributed by atoms with Gasteiger partial charge in [-0.15, -0.1) is 0 Å². The van der Waals surface area contributed by atoms with Crippen LogP contribution in [-0.4, -0.2) is 34.0 Å². The Morgan fingerprint density at radius 1 is 1.45 bits per heavy atom. The van der Waals surface area contributed by atoms with Crippen LogP contribution in [0.2, 0.25) is 0 Å². The van der Waals surface area contributed by atoms with E-state index < -0.39 is 0 Å². The largest absolute Gasteiger partial charge is 0.354 e. The normalized spacial score (nSPS) is 18.4. The minimum atomic E-state index is -0.370. The smallest absolute Gasteiger partial charge is 0.332 e. The molecular formula is C13H21N5O2. The molecule has 1 aromatic rings. The quantitative estimate of drug-likeness (QED) is 0.658. The molecule has 0 saturated carbocycles. The highest BCUT2D eigenvalue weighted by atomic mass is 16.6. The molecule has 0 aromatic carbocycles. The maximum absolute atomic E-state index is 11.3. The first-order valence-electron chi connectivity index (χ1n) is 7.12. The fourth-order valence-corrected chi connectivity index (χ4v) is 2.74. The molecule has 20 heavy (non-hydrogen) atoms. The Morgan fingerprint density at radius 3 is 2.80 bits per heavy atom. The summed E-state index contributed by atoms with van der Waals surface area (Å²) in [4.78, 5) is 21.6. The van der Waals surface area contributed by atoms with Gasteiger partial charge in [0.05, 0.1) is 4.92 Å². The first kappa shape index (κ1) is 14.5. The maximum Gasteiger partial charge on any atom is 0.332 e. The van der Waals surface area contributed by atoms with Crippen LogP contribution in [0, 0.1) is 17.0 Å². The highest BCUT2D eigenvalue weighted by Gasteiger charge is 2.32. The lowest BCUT2D eigenvalue weighted by Crippen LogP contribution is -2.30. The van der Waals surface area contributed by atoms with Gasteiger partial charge in [-0.2, -0.15) is 4.98 Å². The molecule has 1 aromatic heterocycles. The van der Waals surface area contributed by atoms with E-state index in [-0.39, 0.29) is 10.6 Å². The second-order valence-corrected chi connectivity index (χ2v) is 4.99. The predicted molar refractivity (Wildman–Crippen MR) is 78.2 cm³/mol. The third-order valence-corrected chi connectivity index (χ3v) is 3.68. The first-order valence-corrected chi connectivity index (χ1v) is 7.12. The Balaban J connectivity index is 2.49. The van der Waals surface area contributed by atoms with Gasteiger partial charge in [0.2, 0.25) is 11.8 Å². The van der Waals surface area contributed by atoms with Gasteiger partial charge in [0.15, 0.2) is 0 Å². The van der Waals surface area contributed by atoms with E-state index >= 15 is 0 Å². The molecule has 110 valence electrons. The molecule has 0 bridgehead atoms. The summed E-state index contributed by atoms with van der Waals surface area (Å²) in [7, 11) is 0. The number of hydrogen-bond acceptors (Lipinski definition) is 6. The second-order valence-electron chi connectivity index (χ2n) is 4.99. The molecule has 1 saturated heterocycles. The summed E-state index contributed by atoms with van der Waals surface area (Å²) in [5.41, 5.74) is 0.449. The Bertz CT molecular complexity index is 506. The van der Waals surface area contributed by atoms with Crippen LogP contribution >= 0.6 is 0 Å². The van der Waals surface area contributed by atoms with Crippen molar-refractivity contribution in [1.29, 1.82) is 0 Å². The monoisotopic (exact) mass is 279 g/mol. The van der Waals surface area contributed by atoms with Crippen LogP contribution < -0.4 is 10.2 Å². The Morgan fingerprint density at radius 2 is 2.20 bits per heavy atom. The van der Waals surface area contributed by atoms with E-state index in [2.05, 4.69) is 27.1 Å². The van der Waals surface area contributed by atoms with E-state index in [1.54, 1.807) is 6.92 Å². The lowest BCUT2D eigenvalue weighted by Gasteiger charge is -2.25. The van der Waals surface area contributed by atoms with Crippen molar-refractivity contribution in [2.45, 2.75) is 46.1 Å². The molecule has 0 spiro atoms. The van der Waals surface area contributed by atoms with Gasteiger partial charge >= 0.3 is 5.69 Å². The number of nitrogens with one attached hydrogen (secondary N) is 1. The van der Waals surface area contributed by atoms with Gasteiger partial charge in [-0.1, -0.05) is 6.92 Å². The summed E-state index contributed by atoms with van der Waals surface area (Å²) in [5.74, 6) is 0.926.